The maximum absolute atomic E-state index is 9.88. The number of aliphatic hydroxyl groups excluding tert-OH is 5. The summed E-state index contributed by atoms with van der Waals surface area (Å²) in [5.74, 6) is 0.223. The van der Waals surface area contributed by atoms with Crippen LogP contribution in [0.25, 0.3) is 11.0 Å². The van der Waals surface area contributed by atoms with E-state index in [4.69, 9.17) is 5.11 Å². The number of aliphatic imine (C=N–C) groups is 1. The molecule has 3 aromatic rings. The maximum Gasteiger partial charge on any atom is 0.227 e. The van der Waals surface area contributed by atoms with Gasteiger partial charge >= 0.3 is 0 Å². The number of nitrogens with one attached hydrogen (secondary N) is 1. The molecule has 0 amide bonds. The Labute approximate surface area is 165 Å². The molecule has 0 saturated carbocycles. The van der Waals surface area contributed by atoms with Crippen LogP contribution in [0.1, 0.15) is 0 Å². The van der Waals surface area contributed by atoms with E-state index < -0.39 is 31.0 Å². The SMILES string of the molecule is OCC(O)C(O)C(O)C(O)C=Nc1nc2ccc(Sc3ccccc3)cc2[nH]1. The zero-order valence-corrected chi connectivity index (χ0v) is 15.6. The van der Waals surface area contributed by atoms with Gasteiger partial charge in [-0.25, -0.2) is 9.98 Å². The topological polar surface area (TPSA) is 142 Å². The standard InChI is InChI=1S/C19H21N3O5S/c23-10-16(25)18(27)17(26)15(24)9-20-19-21-13-7-6-12(8-14(13)22-19)28-11-4-2-1-3-5-11/h1-9,15-18,23-27H,10H2,(H,21,22). The van der Waals surface area contributed by atoms with Gasteiger partial charge in [-0.05, 0) is 30.3 Å². The van der Waals surface area contributed by atoms with E-state index in [1.54, 1.807) is 11.8 Å². The summed E-state index contributed by atoms with van der Waals surface area (Å²) in [6, 6.07) is 15.7. The van der Waals surface area contributed by atoms with Crippen molar-refractivity contribution in [2.45, 2.75) is 34.2 Å². The van der Waals surface area contributed by atoms with Crippen molar-refractivity contribution in [2.24, 2.45) is 4.99 Å². The summed E-state index contributed by atoms with van der Waals surface area (Å²) in [5.41, 5.74) is 1.45. The quantitative estimate of drug-likeness (QED) is 0.306. The van der Waals surface area contributed by atoms with E-state index >= 15 is 0 Å². The van der Waals surface area contributed by atoms with E-state index in [0.29, 0.717) is 5.52 Å². The molecule has 8 nitrogen and oxygen atoms in total. The van der Waals surface area contributed by atoms with Crippen molar-refractivity contribution in [3.8, 4) is 0 Å². The van der Waals surface area contributed by atoms with Crippen LogP contribution >= 0.6 is 11.8 Å². The summed E-state index contributed by atoms with van der Waals surface area (Å²) >= 11 is 1.61. The monoisotopic (exact) mass is 403 g/mol. The average molecular weight is 403 g/mol. The summed E-state index contributed by atoms with van der Waals surface area (Å²) in [6.07, 6.45) is -5.52. The van der Waals surface area contributed by atoms with Gasteiger partial charge in [-0.3, -0.25) is 0 Å². The van der Waals surface area contributed by atoms with E-state index in [0.717, 1.165) is 21.5 Å². The fourth-order valence-electron chi connectivity index (χ4n) is 2.50. The molecule has 0 saturated heterocycles. The molecular weight excluding hydrogens is 382 g/mol. The second-order valence-corrected chi connectivity index (χ2v) is 7.30. The van der Waals surface area contributed by atoms with Gasteiger partial charge in [-0.2, -0.15) is 0 Å². The van der Waals surface area contributed by atoms with Gasteiger partial charge in [-0.15, -0.1) is 0 Å². The average Bonchev–Trinajstić information content (AvgIpc) is 3.13. The number of hydrogen-bond acceptors (Lipinski definition) is 8. The maximum atomic E-state index is 9.88. The zero-order chi connectivity index (χ0) is 20.1. The lowest BCUT2D eigenvalue weighted by Gasteiger charge is -2.23. The first-order valence-electron chi connectivity index (χ1n) is 8.58. The molecule has 0 aliphatic carbocycles. The Morgan fingerprint density at radius 3 is 2.46 bits per heavy atom. The van der Waals surface area contributed by atoms with Gasteiger partial charge in [0.05, 0.1) is 17.6 Å². The first kappa shape index (κ1) is 20.5. The number of fused-ring (bicyclic) bond motifs is 1. The van der Waals surface area contributed by atoms with Gasteiger partial charge in [0.25, 0.3) is 0 Å². The van der Waals surface area contributed by atoms with E-state index in [1.807, 2.05) is 48.5 Å². The van der Waals surface area contributed by atoms with Crippen molar-refractivity contribution in [1.82, 2.24) is 9.97 Å². The number of aromatic nitrogens is 2. The van der Waals surface area contributed by atoms with Gasteiger partial charge in [0.1, 0.15) is 24.4 Å². The minimum absolute atomic E-state index is 0.223. The van der Waals surface area contributed by atoms with Crippen LogP contribution in [-0.4, -0.2) is 72.7 Å². The van der Waals surface area contributed by atoms with E-state index in [9.17, 15) is 20.4 Å². The van der Waals surface area contributed by atoms with Crippen LogP contribution in [0.15, 0.2) is 63.3 Å². The Morgan fingerprint density at radius 2 is 1.75 bits per heavy atom. The number of imidazole rings is 1. The van der Waals surface area contributed by atoms with Gasteiger partial charge in [0.15, 0.2) is 0 Å². The molecule has 3 rings (SSSR count). The minimum Gasteiger partial charge on any atom is -0.394 e. The molecule has 6 N–H and O–H groups in total. The molecule has 4 unspecified atom stereocenters. The number of rotatable bonds is 8. The summed E-state index contributed by atoms with van der Waals surface area (Å²) in [6.45, 7) is -0.741. The molecule has 9 heteroatoms. The van der Waals surface area contributed by atoms with Gasteiger partial charge in [0, 0.05) is 16.0 Å². The van der Waals surface area contributed by atoms with Crippen LogP contribution in [-0.2, 0) is 0 Å². The fourth-order valence-corrected chi connectivity index (χ4v) is 3.38. The molecular formula is C19H21N3O5S. The number of nitrogens with zero attached hydrogens (tertiary/aromatic N) is 2. The highest BCUT2D eigenvalue weighted by Crippen LogP contribution is 2.30. The third kappa shape index (κ3) is 4.96. The summed E-state index contributed by atoms with van der Waals surface area (Å²) in [7, 11) is 0. The number of hydrogen-bond donors (Lipinski definition) is 6. The van der Waals surface area contributed by atoms with Crippen molar-refractivity contribution in [1.29, 1.82) is 0 Å². The number of H-pyrrole nitrogens is 1. The van der Waals surface area contributed by atoms with Gasteiger partial charge < -0.3 is 30.5 Å². The minimum atomic E-state index is -1.71. The summed E-state index contributed by atoms with van der Waals surface area (Å²) in [5, 5.41) is 47.4. The third-order valence-electron chi connectivity index (χ3n) is 4.05. The van der Waals surface area contributed by atoms with E-state index in [1.165, 1.54) is 0 Å². The second kappa shape index (κ2) is 9.28. The Kier molecular flexibility index (Phi) is 6.79. The molecule has 0 bridgehead atoms. The number of benzene rings is 2. The van der Waals surface area contributed by atoms with Crippen LogP contribution in [0.2, 0.25) is 0 Å². The van der Waals surface area contributed by atoms with E-state index in [2.05, 4.69) is 15.0 Å². The van der Waals surface area contributed by atoms with Crippen molar-refractivity contribution in [3.05, 3.63) is 48.5 Å². The molecule has 1 aromatic heterocycles. The van der Waals surface area contributed by atoms with Crippen LogP contribution in [0, 0.1) is 0 Å². The predicted octanol–water partition coefficient (Wildman–Crippen LogP) is 0.852. The van der Waals surface area contributed by atoms with Crippen molar-refractivity contribution in [3.63, 3.8) is 0 Å². The van der Waals surface area contributed by atoms with Crippen LogP contribution in [0.3, 0.4) is 0 Å². The summed E-state index contributed by atoms with van der Waals surface area (Å²) < 4.78 is 0. The molecule has 0 aliphatic rings. The molecule has 0 spiro atoms. The van der Waals surface area contributed by atoms with Crippen molar-refractivity contribution in [2.75, 3.05) is 6.61 Å². The zero-order valence-electron chi connectivity index (χ0n) is 14.8. The lowest BCUT2D eigenvalue weighted by molar-refractivity contribution is -0.0999. The van der Waals surface area contributed by atoms with Crippen molar-refractivity contribution >= 4 is 35.0 Å². The highest BCUT2D eigenvalue weighted by molar-refractivity contribution is 7.99. The largest absolute Gasteiger partial charge is 0.394 e. The third-order valence-corrected chi connectivity index (χ3v) is 5.05. The highest BCUT2D eigenvalue weighted by atomic mass is 32.2. The highest BCUT2D eigenvalue weighted by Gasteiger charge is 2.29. The van der Waals surface area contributed by atoms with Gasteiger partial charge in [0.2, 0.25) is 5.95 Å². The molecule has 4 atom stereocenters. The molecule has 0 aliphatic heterocycles. The lowest BCUT2D eigenvalue weighted by Crippen LogP contribution is -2.46. The Morgan fingerprint density at radius 1 is 1.00 bits per heavy atom. The van der Waals surface area contributed by atoms with Crippen LogP contribution in [0.5, 0.6) is 0 Å². The molecule has 148 valence electrons. The van der Waals surface area contributed by atoms with Crippen molar-refractivity contribution < 1.29 is 25.5 Å². The lowest BCUT2D eigenvalue weighted by atomic mass is 10.0. The number of aliphatic hydroxyl groups is 5. The fraction of sp³-hybridized carbons (Fsp3) is 0.263. The molecule has 0 fully saturated rings. The Balaban J connectivity index is 1.71. The van der Waals surface area contributed by atoms with E-state index in [-0.39, 0.29) is 5.95 Å². The molecule has 2 aromatic carbocycles. The predicted molar refractivity (Wildman–Crippen MR) is 106 cm³/mol. The first-order chi connectivity index (χ1) is 13.5. The molecule has 0 radical (unpaired) electrons. The first-order valence-corrected chi connectivity index (χ1v) is 9.39. The smallest absolute Gasteiger partial charge is 0.227 e. The molecule has 28 heavy (non-hydrogen) atoms. The van der Waals surface area contributed by atoms with Gasteiger partial charge in [-0.1, -0.05) is 30.0 Å². The van der Waals surface area contributed by atoms with Crippen LogP contribution < -0.4 is 0 Å². The Bertz CT molecular complexity index is 934. The second-order valence-electron chi connectivity index (χ2n) is 6.15. The Hall–Kier alpha value is -2.27. The summed E-state index contributed by atoms with van der Waals surface area (Å²) in [4.78, 5) is 13.4. The molecule has 1 heterocycles. The van der Waals surface area contributed by atoms with Crippen LogP contribution in [0.4, 0.5) is 5.95 Å². The normalized spacial score (nSPS) is 16.3. The number of aromatic amines is 1.